The Morgan fingerprint density at radius 1 is 0.250 bits per heavy atom. The Hall–Kier alpha value is 5.04. The van der Waals surface area contributed by atoms with Crippen LogP contribution in [0.1, 0.15) is 0 Å². The molecule has 0 unspecified atom stereocenters. The van der Waals surface area contributed by atoms with Gasteiger partial charge in [-0.25, -0.2) is 0 Å². The normalized spacial score (nSPS) is 0. The summed E-state index contributed by atoms with van der Waals surface area (Å²) in [7, 11) is 0. The van der Waals surface area contributed by atoms with E-state index in [1.165, 1.54) is 0 Å². The first-order chi connectivity index (χ1) is 0. The fourth-order valence-corrected chi connectivity index (χ4v) is 0. The first-order valence-corrected chi connectivity index (χ1v) is 0. The van der Waals surface area contributed by atoms with Crippen LogP contribution in [0.5, 0.6) is 0 Å². The minimum atomic E-state index is 0. The minimum absolute atomic E-state index is 0. The molecule has 8 valence electrons. The Morgan fingerprint density at radius 2 is 0.250 bits per heavy atom. The maximum absolute atomic E-state index is 0. The maximum Gasteiger partial charge on any atom is 0 e. The summed E-state index contributed by atoms with van der Waals surface area (Å²) in [4.78, 5) is 0. The van der Waals surface area contributed by atoms with Crippen molar-refractivity contribution in [3.8, 4) is 0 Å². The molecule has 0 nitrogen and oxygen atoms in total. The predicted molar refractivity (Wildman–Crippen MR) is 23.0 cm³/mol. The van der Waals surface area contributed by atoms with Crippen LogP contribution in [0.4, 0.5) is 0 Å². The summed E-state index contributed by atoms with van der Waals surface area (Å²) in [6, 6.07) is 0. The van der Waals surface area contributed by atoms with Gasteiger partial charge in [-0.1, -0.05) is 0 Å². The molecule has 0 saturated heterocycles. The predicted octanol–water partition coefficient (Wildman–Crippen LogP) is -1.52. The van der Waals surface area contributed by atoms with Gasteiger partial charge in [-0.15, -0.1) is 0 Å². The molecule has 0 bridgehead atoms. The number of rotatable bonds is 0. The summed E-state index contributed by atoms with van der Waals surface area (Å²) >= 11 is 0. The van der Waals surface area contributed by atoms with Crippen LogP contribution in [-0.2, 0) is 0 Å². The molecule has 0 saturated carbocycles. The standard InChI is InChI=1S/4Ca. The van der Waals surface area contributed by atoms with Gasteiger partial charge in [0.15, 0.2) is 0 Å². The zero-order valence-corrected chi connectivity index (χ0v) is 11.7. The topological polar surface area (TPSA) is 0 Å². The second-order valence-electron chi connectivity index (χ2n) is 0. The molecule has 0 aliphatic carbocycles. The molecule has 0 aromatic heterocycles. The fraction of sp³-hybridized carbons (Fsp3) is 0. The first-order valence-electron chi connectivity index (χ1n) is 0. The van der Waals surface area contributed by atoms with Crippen LogP contribution in [0.25, 0.3) is 0 Å². The van der Waals surface area contributed by atoms with Crippen LogP contribution in [0, 0.1) is 0 Å². The average Bonchev–Trinajstić information content (AvgIpc) is 0. The zero-order valence-electron chi connectivity index (χ0n) is 2.83. The summed E-state index contributed by atoms with van der Waals surface area (Å²) in [6.07, 6.45) is 0. The molecule has 0 aromatic carbocycles. The summed E-state index contributed by atoms with van der Waals surface area (Å²) < 4.78 is 0. The van der Waals surface area contributed by atoms with Crippen LogP contribution >= 0.6 is 0 Å². The van der Waals surface area contributed by atoms with Crippen LogP contribution < -0.4 is 0 Å². The molecule has 4 heavy (non-hydrogen) atoms. The Balaban J connectivity index is 0. The number of hydrogen-bond acceptors (Lipinski definition) is 0. The van der Waals surface area contributed by atoms with E-state index in [1.807, 2.05) is 0 Å². The van der Waals surface area contributed by atoms with Gasteiger partial charge in [-0.2, -0.15) is 0 Å². The summed E-state index contributed by atoms with van der Waals surface area (Å²) in [5.41, 5.74) is 0. The van der Waals surface area contributed by atoms with Gasteiger partial charge in [0.2, 0.25) is 0 Å². The van der Waals surface area contributed by atoms with Gasteiger partial charge in [-0.3, -0.25) is 0 Å². The second-order valence-corrected chi connectivity index (χ2v) is 0. The van der Waals surface area contributed by atoms with E-state index in [2.05, 4.69) is 0 Å². The van der Waals surface area contributed by atoms with Crippen LogP contribution in [-0.4, -0.2) is 151 Å². The molecule has 0 aromatic rings. The van der Waals surface area contributed by atoms with E-state index in [9.17, 15) is 0 Å². The van der Waals surface area contributed by atoms with E-state index in [1.54, 1.807) is 0 Å². The van der Waals surface area contributed by atoms with E-state index < -0.39 is 0 Å². The van der Waals surface area contributed by atoms with E-state index in [0.717, 1.165) is 0 Å². The third kappa shape index (κ3) is 10.1. The van der Waals surface area contributed by atoms with E-state index >= 15 is 0 Å². The van der Waals surface area contributed by atoms with Gasteiger partial charge in [0.05, 0.1) is 0 Å². The molecule has 4 heteroatoms. The van der Waals surface area contributed by atoms with Gasteiger partial charge < -0.3 is 0 Å². The Morgan fingerprint density at radius 3 is 0.250 bits per heavy atom. The Kier molecular flexibility index (Phi) is 90.2. The van der Waals surface area contributed by atoms with Crippen molar-refractivity contribution in [3.63, 3.8) is 0 Å². The van der Waals surface area contributed by atoms with Crippen molar-refractivity contribution in [1.82, 2.24) is 0 Å². The van der Waals surface area contributed by atoms with Crippen molar-refractivity contribution in [2.24, 2.45) is 0 Å². The smallest absolute Gasteiger partial charge is 0 e. The fourth-order valence-electron chi connectivity index (χ4n) is 0. The largest absolute Gasteiger partial charge is 0 e. The summed E-state index contributed by atoms with van der Waals surface area (Å²) in [6.45, 7) is 0. The average molecular weight is 160 g/mol. The second kappa shape index (κ2) is 15.7. The van der Waals surface area contributed by atoms with Gasteiger partial charge in [0, 0.05) is 151 Å². The van der Waals surface area contributed by atoms with E-state index in [0.29, 0.717) is 0 Å². The molecule has 8 radical (unpaired) electrons. The van der Waals surface area contributed by atoms with Crippen LogP contribution in [0.2, 0.25) is 0 Å². The van der Waals surface area contributed by atoms with Crippen LogP contribution in [0.3, 0.4) is 0 Å². The summed E-state index contributed by atoms with van der Waals surface area (Å²) in [5.74, 6) is 0. The van der Waals surface area contributed by atoms with Crippen LogP contribution in [0.15, 0.2) is 0 Å². The van der Waals surface area contributed by atoms with Crippen molar-refractivity contribution < 1.29 is 0 Å². The monoisotopic (exact) mass is 160 g/mol. The van der Waals surface area contributed by atoms with Crippen molar-refractivity contribution >= 4 is 151 Å². The van der Waals surface area contributed by atoms with Gasteiger partial charge in [0.25, 0.3) is 0 Å². The third-order valence-electron chi connectivity index (χ3n) is 0. The molecule has 0 spiro atoms. The SMILES string of the molecule is [Ca].[Ca].[Ca].[Ca]. The van der Waals surface area contributed by atoms with Gasteiger partial charge >= 0.3 is 0 Å². The molecular weight excluding hydrogens is 160 g/mol. The third-order valence-corrected chi connectivity index (χ3v) is 0. The molecule has 0 heterocycles. The molecule has 0 aliphatic rings. The minimum Gasteiger partial charge on any atom is 0 e. The quantitative estimate of drug-likeness (QED) is 0.378. The molecule has 0 N–H and O–H groups in total. The van der Waals surface area contributed by atoms with Gasteiger partial charge in [0.1, 0.15) is 0 Å². The maximum atomic E-state index is 0. The Labute approximate surface area is 146 Å². The van der Waals surface area contributed by atoms with Crippen molar-refractivity contribution in [2.75, 3.05) is 0 Å². The van der Waals surface area contributed by atoms with Gasteiger partial charge in [-0.05, 0) is 0 Å². The molecular formula is Ca4. The molecule has 0 rings (SSSR count). The molecule has 0 amide bonds. The van der Waals surface area contributed by atoms with Crippen molar-refractivity contribution in [3.05, 3.63) is 0 Å². The molecule has 0 fully saturated rings. The van der Waals surface area contributed by atoms with Crippen molar-refractivity contribution in [1.29, 1.82) is 0 Å². The van der Waals surface area contributed by atoms with E-state index in [4.69, 9.17) is 0 Å². The number of hydrogen-bond donors (Lipinski definition) is 0. The first kappa shape index (κ1) is 23.0. The van der Waals surface area contributed by atoms with Crippen molar-refractivity contribution in [2.45, 2.75) is 0 Å². The summed E-state index contributed by atoms with van der Waals surface area (Å²) in [5, 5.41) is 0. The zero-order chi connectivity index (χ0) is 0. The molecule has 0 atom stereocenters. The molecule has 0 aliphatic heterocycles. The van der Waals surface area contributed by atoms with E-state index in [-0.39, 0.29) is 151 Å². The Bertz CT molecular complexity index is 0.